The monoisotopic (exact) mass is 344 g/mol. The second kappa shape index (κ2) is 6.72. The standard InChI is InChI=1S/C18H24N4O3/c1-12-19-20-17-7-6-13(10-22(12)17)18(23)21-8-9-25-11-15(21)14-4-3-5-16(14)24-2/h6-7,10,14-16H,3-5,8-9,11H2,1-2H3/t14-,15-,16+/m0/s1. The maximum Gasteiger partial charge on any atom is 0.255 e. The van der Waals surface area contributed by atoms with E-state index in [-0.39, 0.29) is 18.1 Å². The summed E-state index contributed by atoms with van der Waals surface area (Å²) >= 11 is 0. The van der Waals surface area contributed by atoms with E-state index >= 15 is 0 Å². The minimum Gasteiger partial charge on any atom is -0.381 e. The number of rotatable bonds is 3. The molecule has 3 atom stereocenters. The van der Waals surface area contributed by atoms with Crippen molar-refractivity contribution in [2.45, 2.75) is 38.3 Å². The molecule has 2 aliphatic rings. The van der Waals surface area contributed by atoms with Crippen LogP contribution in [0.5, 0.6) is 0 Å². The molecule has 1 aliphatic carbocycles. The Bertz CT molecular complexity index is 775. The quantitative estimate of drug-likeness (QED) is 0.848. The molecular weight excluding hydrogens is 320 g/mol. The lowest BCUT2D eigenvalue weighted by Crippen LogP contribution is -2.53. The molecule has 1 amide bonds. The van der Waals surface area contributed by atoms with E-state index in [9.17, 15) is 4.79 Å². The van der Waals surface area contributed by atoms with Crippen molar-refractivity contribution < 1.29 is 14.3 Å². The molecule has 2 aromatic rings. The molecular formula is C18H24N4O3. The van der Waals surface area contributed by atoms with E-state index in [1.807, 2.05) is 34.6 Å². The molecule has 0 unspecified atom stereocenters. The number of morpholine rings is 1. The molecule has 0 aromatic carbocycles. The zero-order chi connectivity index (χ0) is 17.4. The molecule has 7 heteroatoms. The van der Waals surface area contributed by atoms with Crippen LogP contribution in [0.2, 0.25) is 0 Å². The van der Waals surface area contributed by atoms with Gasteiger partial charge in [-0.1, -0.05) is 6.42 Å². The Labute approximate surface area is 146 Å². The number of hydrogen-bond acceptors (Lipinski definition) is 5. The minimum absolute atomic E-state index is 0.0463. The van der Waals surface area contributed by atoms with Crippen molar-refractivity contribution in [1.29, 1.82) is 0 Å². The zero-order valence-electron chi connectivity index (χ0n) is 14.7. The third kappa shape index (κ3) is 2.91. The van der Waals surface area contributed by atoms with Gasteiger partial charge in [-0.15, -0.1) is 10.2 Å². The van der Waals surface area contributed by atoms with Crippen molar-refractivity contribution in [2.75, 3.05) is 26.9 Å². The first-order chi connectivity index (χ1) is 12.2. The van der Waals surface area contributed by atoms with E-state index in [4.69, 9.17) is 9.47 Å². The number of carbonyl (C=O) groups excluding carboxylic acids is 1. The minimum atomic E-state index is 0.0463. The second-order valence-electron chi connectivity index (χ2n) is 6.90. The van der Waals surface area contributed by atoms with Gasteiger partial charge in [0.1, 0.15) is 5.82 Å². The predicted molar refractivity (Wildman–Crippen MR) is 91.5 cm³/mol. The van der Waals surface area contributed by atoms with Crippen molar-refractivity contribution in [2.24, 2.45) is 5.92 Å². The SMILES string of the molecule is CO[C@@H]1CCC[C@H]1[C@@H]1COCCN1C(=O)c1ccc2nnc(C)n2c1. The van der Waals surface area contributed by atoms with Crippen LogP contribution in [0.15, 0.2) is 18.3 Å². The zero-order valence-corrected chi connectivity index (χ0v) is 14.7. The molecule has 2 fully saturated rings. The first kappa shape index (κ1) is 16.5. The van der Waals surface area contributed by atoms with E-state index in [0.717, 1.165) is 30.7 Å². The number of amides is 1. The molecule has 0 N–H and O–H groups in total. The lowest BCUT2D eigenvalue weighted by molar-refractivity contribution is -0.0460. The van der Waals surface area contributed by atoms with Gasteiger partial charge in [0.05, 0.1) is 30.9 Å². The van der Waals surface area contributed by atoms with Crippen LogP contribution in [0.3, 0.4) is 0 Å². The summed E-state index contributed by atoms with van der Waals surface area (Å²) in [6.45, 7) is 3.67. The van der Waals surface area contributed by atoms with E-state index in [1.54, 1.807) is 7.11 Å². The van der Waals surface area contributed by atoms with Crippen LogP contribution < -0.4 is 0 Å². The van der Waals surface area contributed by atoms with Gasteiger partial charge in [-0.25, -0.2) is 0 Å². The largest absolute Gasteiger partial charge is 0.381 e. The molecule has 1 saturated heterocycles. The Morgan fingerprint density at radius 1 is 1.32 bits per heavy atom. The normalized spacial score (nSPS) is 27.1. The number of carbonyl (C=O) groups is 1. The van der Waals surface area contributed by atoms with E-state index in [0.29, 0.717) is 31.2 Å². The van der Waals surface area contributed by atoms with Crippen molar-refractivity contribution in [1.82, 2.24) is 19.5 Å². The number of ether oxygens (including phenoxy) is 2. The Kier molecular flexibility index (Phi) is 4.43. The molecule has 25 heavy (non-hydrogen) atoms. The summed E-state index contributed by atoms with van der Waals surface area (Å²) in [6, 6.07) is 3.75. The average molecular weight is 344 g/mol. The van der Waals surface area contributed by atoms with Crippen molar-refractivity contribution in [3.05, 3.63) is 29.7 Å². The molecule has 1 saturated carbocycles. The molecule has 0 spiro atoms. The van der Waals surface area contributed by atoms with Gasteiger partial charge >= 0.3 is 0 Å². The number of methoxy groups -OCH3 is 1. The Balaban J connectivity index is 1.62. The molecule has 0 bridgehead atoms. The van der Waals surface area contributed by atoms with Crippen molar-refractivity contribution in [3.8, 4) is 0 Å². The molecule has 7 nitrogen and oxygen atoms in total. The number of nitrogens with zero attached hydrogens (tertiary/aromatic N) is 4. The number of fused-ring (bicyclic) bond motifs is 1. The summed E-state index contributed by atoms with van der Waals surface area (Å²) in [5, 5.41) is 8.14. The molecule has 0 radical (unpaired) electrons. The fraction of sp³-hybridized carbons (Fsp3) is 0.611. The molecule has 3 heterocycles. The van der Waals surface area contributed by atoms with Crippen LogP contribution >= 0.6 is 0 Å². The summed E-state index contributed by atoms with van der Waals surface area (Å²) in [4.78, 5) is 15.2. The van der Waals surface area contributed by atoms with Gasteiger partial charge < -0.3 is 14.4 Å². The van der Waals surface area contributed by atoms with Crippen LogP contribution in [-0.4, -0.2) is 64.4 Å². The fourth-order valence-electron chi connectivity index (χ4n) is 4.21. The van der Waals surface area contributed by atoms with Gasteiger partial charge in [0.15, 0.2) is 5.65 Å². The van der Waals surface area contributed by atoms with Crippen LogP contribution in [0.25, 0.3) is 5.65 Å². The molecule has 4 rings (SSSR count). The number of pyridine rings is 1. The van der Waals surface area contributed by atoms with Crippen LogP contribution in [-0.2, 0) is 9.47 Å². The van der Waals surface area contributed by atoms with E-state index in [2.05, 4.69) is 10.2 Å². The summed E-state index contributed by atoms with van der Waals surface area (Å²) in [6.07, 6.45) is 5.34. The summed E-state index contributed by atoms with van der Waals surface area (Å²) in [7, 11) is 1.77. The van der Waals surface area contributed by atoms with Crippen LogP contribution in [0, 0.1) is 12.8 Å². The fourth-order valence-corrected chi connectivity index (χ4v) is 4.21. The van der Waals surface area contributed by atoms with Gasteiger partial charge in [0.25, 0.3) is 5.91 Å². The van der Waals surface area contributed by atoms with Crippen LogP contribution in [0.4, 0.5) is 0 Å². The van der Waals surface area contributed by atoms with Crippen molar-refractivity contribution in [3.63, 3.8) is 0 Å². The average Bonchev–Trinajstić information content (AvgIpc) is 3.27. The maximum atomic E-state index is 13.2. The smallest absolute Gasteiger partial charge is 0.255 e. The highest BCUT2D eigenvalue weighted by molar-refractivity contribution is 5.94. The highest BCUT2D eigenvalue weighted by atomic mass is 16.5. The Morgan fingerprint density at radius 2 is 2.20 bits per heavy atom. The van der Waals surface area contributed by atoms with E-state index in [1.165, 1.54) is 0 Å². The number of aryl methyl sites for hydroxylation is 1. The first-order valence-electron chi connectivity index (χ1n) is 8.92. The predicted octanol–water partition coefficient (Wildman–Crippen LogP) is 1.69. The van der Waals surface area contributed by atoms with Gasteiger partial charge in [0, 0.05) is 25.8 Å². The molecule has 1 aliphatic heterocycles. The third-order valence-electron chi connectivity index (χ3n) is 5.55. The molecule has 134 valence electrons. The van der Waals surface area contributed by atoms with Crippen LogP contribution in [0.1, 0.15) is 35.4 Å². The summed E-state index contributed by atoms with van der Waals surface area (Å²) in [5.74, 6) is 1.16. The maximum absolute atomic E-state index is 13.2. The lowest BCUT2D eigenvalue weighted by atomic mass is 9.93. The summed E-state index contributed by atoms with van der Waals surface area (Å²) < 4.78 is 13.2. The van der Waals surface area contributed by atoms with Gasteiger partial charge in [-0.3, -0.25) is 9.20 Å². The highest BCUT2D eigenvalue weighted by Gasteiger charge is 2.40. The number of hydrogen-bond donors (Lipinski definition) is 0. The van der Waals surface area contributed by atoms with Crippen molar-refractivity contribution >= 4 is 11.6 Å². The highest BCUT2D eigenvalue weighted by Crippen LogP contribution is 2.34. The lowest BCUT2D eigenvalue weighted by Gasteiger charge is -2.40. The number of aromatic nitrogens is 3. The van der Waals surface area contributed by atoms with Gasteiger partial charge in [0.2, 0.25) is 0 Å². The Morgan fingerprint density at radius 3 is 3.04 bits per heavy atom. The van der Waals surface area contributed by atoms with Gasteiger partial charge in [-0.05, 0) is 31.9 Å². The summed E-state index contributed by atoms with van der Waals surface area (Å²) in [5.41, 5.74) is 1.41. The first-order valence-corrected chi connectivity index (χ1v) is 8.92. The Hall–Kier alpha value is -1.99. The van der Waals surface area contributed by atoms with Gasteiger partial charge in [-0.2, -0.15) is 0 Å². The van der Waals surface area contributed by atoms with E-state index < -0.39 is 0 Å². The topological polar surface area (TPSA) is 69.0 Å². The molecule has 2 aromatic heterocycles. The third-order valence-corrected chi connectivity index (χ3v) is 5.55. The second-order valence-corrected chi connectivity index (χ2v) is 6.90.